The highest BCUT2D eigenvalue weighted by Gasteiger charge is 2.20. The normalized spacial score (nSPS) is 14.3. The Bertz CT molecular complexity index is 462. The maximum Gasteiger partial charge on any atom is 0.239 e. The molecule has 104 valence electrons. The van der Waals surface area contributed by atoms with Gasteiger partial charge in [0, 0.05) is 13.1 Å². The molecule has 0 saturated carbocycles. The van der Waals surface area contributed by atoms with E-state index in [1.165, 1.54) is 0 Å². The average molecular weight is 264 g/mol. The number of nitrogens with zero attached hydrogens (tertiary/aromatic N) is 1. The fraction of sp³-hybridized carbons (Fsp3) is 0.500. The van der Waals surface area contributed by atoms with Crippen LogP contribution < -0.4 is 15.2 Å². The lowest BCUT2D eigenvalue weighted by molar-refractivity contribution is -0.133. The minimum Gasteiger partial charge on any atom is -0.454 e. The van der Waals surface area contributed by atoms with Gasteiger partial charge in [-0.3, -0.25) is 4.79 Å². The lowest BCUT2D eigenvalue weighted by atomic mass is 10.1. The number of likely N-dealkylation sites (N-methyl/N-ethyl adjacent to an activating group) is 1. The van der Waals surface area contributed by atoms with E-state index < -0.39 is 6.04 Å². The Balaban J connectivity index is 2.08. The fourth-order valence-corrected chi connectivity index (χ4v) is 2.01. The van der Waals surface area contributed by atoms with Gasteiger partial charge in [0.15, 0.2) is 11.5 Å². The van der Waals surface area contributed by atoms with Crippen molar-refractivity contribution in [3.8, 4) is 11.5 Å². The molecule has 1 aliphatic rings. The topological polar surface area (TPSA) is 64.8 Å². The molecular weight excluding hydrogens is 244 g/mol. The molecule has 1 amide bonds. The van der Waals surface area contributed by atoms with Gasteiger partial charge in [-0.15, -0.1) is 0 Å². The maximum atomic E-state index is 12.1. The van der Waals surface area contributed by atoms with E-state index in [-0.39, 0.29) is 12.7 Å². The fourth-order valence-electron chi connectivity index (χ4n) is 2.01. The smallest absolute Gasteiger partial charge is 0.239 e. The molecule has 0 radical (unpaired) electrons. The number of hydrogen-bond donors (Lipinski definition) is 1. The summed E-state index contributed by atoms with van der Waals surface area (Å²) < 4.78 is 10.6. The van der Waals surface area contributed by atoms with Gasteiger partial charge in [-0.2, -0.15) is 0 Å². The first-order chi connectivity index (χ1) is 9.15. The van der Waals surface area contributed by atoms with Crippen LogP contribution in [0.4, 0.5) is 0 Å². The molecule has 0 spiro atoms. The van der Waals surface area contributed by atoms with Gasteiger partial charge < -0.3 is 20.1 Å². The summed E-state index contributed by atoms with van der Waals surface area (Å²) in [5.41, 5.74) is 6.82. The van der Waals surface area contributed by atoms with Crippen LogP contribution in [0.3, 0.4) is 0 Å². The van der Waals surface area contributed by atoms with E-state index in [4.69, 9.17) is 15.2 Å². The lowest BCUT2D eigenvalue weighted by Crippen LogP contribution is -2.42. The number of hydrogen-bond acceptors (Lipinski definition) is 4. The minimum atomic E-state index is -0.422. The van der Waals surface area contributed by atoms with Gasteiger partial charge in [-0.05, 0) is 31.0 Å². The van der Waals surface area contributed by atoms with Crippen molar-refractivity contribution in [1.82, 2.24) is 4.90 Å². The SMILES string of the molecule is CC[C@H](N)C(=O)N(CC)Cc1ccc2c(c1)OCO2. The summed E-state index contributed by atoms with van der Waals surface area (Å²) in [6.07, 6.45) is 0.649. The third-order valence-electron chi connectivity index (χ3n) is 3.26. The average Bonchev–Trinajstić information content (AvgIpc) is 2.90. The molecule has 1 aromatic carbocycles. The summed E-state index contributed by atoms with van der Waals surface area (Å²) in [4.78, 5) is 13.8. The zero-order chi connectivity index (χ0) is 13.8. The zero-order valence-corrected chi connectivity index (χ0v) is 11.4. The Labute approximate surface area is 113 Å². The Morgan fingerprint density at radius 2 is 2.11 bits per heavy atom. The van der Waals surface area contributed by atoms with E-state index >= 15 is 0 Å². The van der Waals surface area contributed by atoms with E-state index in [1.807, 2.05) is 32.0 Å². The highest BCUT2D eigenvalue weighted by atomic mass is 16.7. The molecule has 5 heteroatoms. The molecule has 0 aliphatic carbocycles. The third-order valence-corrected chi connectivity index (χ3v) is 3.26. The van der Waals surface area contributed by atoms with Crippen LogP contribution in [0.1, 0.15) is 25.8 Å². The number of ether oxygens (including phenoxy) is 2. The predicted molar refractivity (Wildman–Crippen MR) is 71.9 cm³/mol. The van der Waals surface area contributed by atoms with E-state index in [0.717, 1.165) is 17.1 Å². The van der Waals surface area contributed by atoms with Crippen molar-refractivity contribution >= 4 is 5.91 Å². The predicted octanol–water partition coefficient (Wildman–Crippen LogP) is 1.50. The standard InChI is InChI=1S/C14H20N2O3/c1-3-11(15)14(17)16(4-2)8-10-5-6-12-13(7-10)19-9-18-12/h5-7,11H,3-4,8-9,15H2,1-2H3/t11-/m0/s1. The van der Waals surface area contributed by atoms with Gasteiger partial charge in [0.05, 0.1) is 6.04 Å². The van der Waals surface area contributed by atoms with Crippen molar-refractivity contribution in [1.29, 1.82) is 0 Å². The number of nitrogens with two attached hydrogens (primary N) is 1. The van der Waals surface area contributed by atoms with Crippen LogP contribution in [-0.4, -0.2) is 30.2 Å². The molecule has 1 aromatic rings. The Morgan fingerprint density at radius 3 is 2.79 bits per heavy atom. The number of carbonyl (C=O) groups excluding carboxylic acids is 1. The third kappa shape index (κ3) is 2.98. The number of benzene rings is 1. The van der Waals surface area contributed by atoms with E-state index in [1.54, 1.807) is 4.90 Å². The number of amides is 1. The Hall–Kier alpha value is -1.75. The first-order valence-electron chi connectivity index (χ1n) is 6.58. The van der Waals surface area contributed by atoms with Crippen LogP contribution in [0.25, 0.3) is 0 Å². The van der Waals surface area contributed by atoms with Crippen molar-refractivity contribution < 1.29 is 14.3 Å². The second-order valence-electron chi connectivity index (χ2n) is 4.55. The van der Waals surface area contributed by atoms with Crippen molar-refractivity contribution in [3.05, 3.63) is 23.8 Å². The molecule has 1 atom stereocenters. The van der Waals surface area contributed by atoms with Gasteiger partial charge in [-0.1, -0.05) is 13.0 Å². The molecule has 0 unspecified atom stereocenters. The van der Waals surface area contributed by atoms with Crippen molar-refractivity contribution in [2.75, 3.05) is 13.3 Å². The Morgan fingerprint density at radius 1 is 1.37 bits per heavy atom. The summed E-state index contributed by atoms with van der Waals surface area (Å²) >= 11 is 0. The van der Waals surface area contributed by atoms with Crippen LogP contribution in [0, 0.1) is 0 Å². The zero-order valence-electron chi connectivity index (χ0n) is 11.4. The summed E-state index contributed by atoms with van der Waals surface area (Å²) in [5.74, 6) is 1.48. The lowest BCUT2D eigenvalue weighted by Gasteiger charge is -2.24. The molecule has 1 heterocycles. The minimum absolute atomic E-state index is 0.0114. The summed E-state index contributed by atoms with van der Waals surface area (Å²) in [5, 5.41) is 0. The van der Waals surface area contributed by atoms with Crippen LogP contribution in [0.5, 0.6) is 11.5 Å². The quantitative estimate of drug-likeness (QED) is 0.875. The summed E-state index contributed by atoms with van der Waals surface area (Å²) in [7, 11) is 0. The number of fused-ring (bicyclic) bond motifs is 1. The van der Waals surface area contributed by atoms with Crippen LogP contribution in [-0.2, 0) is 11.3 Å². The molecular formula is C14H20N2O3. The molecule has 2 rings (SSSR count). The molecule has 5 nitrogen and oxygen atoms in total. The van der Waals surface area contributed by atoms with Gasteiger partial charge in [-0.25, -0.2) is 0 Å². The first-order valence-corrected chi connectivity index (χ1v) is 6.58. The van der Waals surface area contributed by atoms with Crippen LogP contribution >= 0.6 is 0 Å². The van der Waals surface area contributed by atoms with Gasteiger partial charge in [0.1, 0.15) is 0 Å². The molecule has 1 aliphatic heterocycles. The van der Waals surface area contributed by atoms with Crippen LogP contribution in [0.15, 0.2) is 18.2 Å². The van der Waals surface area contributed by atoms with Gasteiger partial charge in [0.25, 0.3) is 0 Å². The first kappa shape index (κ1) is 13.7. The molecule has 0 fully saturated rings. The highest BCUT2D eigenvalue weighted by Crippen LogP contribution is 2.32. The molecule has 19 heavy (non-hydrogen) atoms. The number of rotatable bonds is 5. The monoisotopic (exact) mass is 264 g/mol. The van der Waals surface area contributed by atoms with Gasteiger partial charge in [0.2, 0.25) is 12.7 Å². The van der Waals surface area contributed by atoms with Gasteiger partial charge >= 0.3 is 0 Å². The largest absolute Gasteiger partial charge is 0.454 e. The van der Waals surface area contributed by atoms with E-state index in [0.29, 0.717) is 19.5 Å². The second kappa shape index (κ2) is 5.93. The molecule has 0 saturated heterocycles. The summed E-state index contributed by atoms with van der Waals surface area (Å²) in [6.45, 7) is 5.31. The van der Waals surface area contributed by atoms with Crippen molar-refractivity contribution in [2.45, 2.75) is 32.9 Å². The van der Waals surface area contributed by atoms with Crippen molar-refractivity contribution in [2.24, 2.45) is 5.73 Å². The summed E-state index contributed by atoms with van der Waals surface area (Å²) in [6, 6.07) is 5.31. The molecule has 2 N–H and O–H groups in total. The van der Waals surface area contributed by atoms with E-state index in [2.05, 4.69) is 0 Å². The Kier molecular flexibility index (Phi) is 4.27. The highest BCUT2D eigenvalue weighted by molar-refractivity contribution is 5.81. The molecule has 0 aromatic heterocycles. The van der Waals surface area contributed by atoms with Crippen molar-refractivity contribution in [3.63, 3.8) is 0 Å². The maximum absolute atomic E-state index is 12.1. The molecule has 0 bridgehead atoms. The van der Waals surface area contributed by atoms with Crippen LogP contribution in [0.2, 0.25) is 0 Å². The number of carbonyl (C=O) groups is 1. The van der Waals surface area contributed by atoms with E-state index in [9.17, 15) is 4.79 Å². The second-order valence-corrected chi connectivity index (χ2v) is 4.55.